The molecule has 33 heavy (non-hydrogen) atoms. The molecule has 3 aromatic carbocycles. The number of nitrogens with zero attached hydrogens (tertiary/aromatic N) is 2. The molecule has 1 amide bonds. The number of carbonyl (C=O) groups is 1. The molecule has 5 nitrogen and oxygen atoms in total. The van der Waals surface area contributed by atoms with Crippen LogP contribution in [0.15, 0.2) is 66.7 Å². The number of rotatable bonds is 4. The lowest BCUT2D eigenvalue weighted by molar-refractivity contribution is 0.0692. The van der Waals surface area contributed by atoms with Crippen molar-refractivity contribution < 1.29 is 13.9 Å². The SMILES string of the molecule is COc1ccc2[nH]c3c(c2c1)CCN(C(=O)c1ccc(N(C)C)cc1)[C@H]3c1ccc(F)cc1. The molecule has 0 saturated heterocycles. The number of hydrogen-bond acceptors (Lipinski definition) is 3. The fourth-order valence-electron chi connectivity index (χ4n) is 4.67. The van der Waals surface area contributed by atoms with E-state index in [0.717, 1.165) is 40.0 Å². The Morgan fingerprint density at radius 1 is 1.06 bits per heavy atom. The molecule has 1 atom stereocenters. The van der Waals surface area contributed by atoms with Crippen LogP contribution in [0.2, 0.25) is 0 Å². The zero-order valence-electron chi connectivity index (χ0n) is 18.9. The van der Waals surface area contributed by atoms with Gasteiger partial charge in [-0.15, -0.1) is 0 Å². The Morgan fingerprint density at radius 3 is 2.45 bits per heavy atom. The van der Waals surface area contributed by atoms with E-state index in [0.29, 0.717) is 12.1 Å². The van der Waals surface area contributed by atoms with E-state index in [-0.39, 0.29) is 17.8 Å². The molecule has 6 heteroatoms. The molecule has 4 aromatic rings. The molecular weight excluding hydrogens is 417 g/mol. The van der Waals surface area contributed by atoms with Crippen molar-refractivity contribution in [3.63, 3.8) is 0 Å². The maximum absolute atomic E-state index is 13.7. The zero-order valence-corrected chi connectivity index (χ0v) is 18.9. The maximum atomic E-state index is 13.7. The Balaban J connectivity index is 1.61. The lowest BCUT2D eigenvalue weighted by Gasteiger charge is -2.36. The molecule has 168 valence electrons. The summed E-state index contributed by atoms with van der Waals surface area (Å²) in [4.78, 5) is 21.1. The molecule has 0 unspecified atom stereocenters. The summed E-state index contributed by atoms with van der Waals surface area (Å²) < 4.78 is 19.1. The lowest BCUT2D eigenvalue weighted by atomic mass is 9.91. The zero-order chi connectivity index (χ0) is 23.1. The van der Waals surface area contributed by atoms with Gasteiger partial charge in [-0.25, -0.2) is 4.39 Å². The highest BCUT2D eigenvalue weighted by molar-refractivity contribution is 5.96. The number of carbonyl (C=O) groups excluding carboxylic acids is 1. The second-order valence-electron chi connectivity index (χ2n) is 8.57. The maximum Gasteiger partial charge on any atom is 0.254 e. The summed E-state index contributed by atoms with van der Waals surface area (Å²) in [5.74, 6) is 0.451. The number of ether oxygens (including phenoxy) is 1. The van der Waals surface area contributed by atoms with Crippen LogP contribution in [0.1, 0.15) is 33.2 Å². The predicted molar refractivity (Wildman–Crippen MR) is 129 cm³/mol. The third-order valence-corrected chi connectivity index (χ3v) is 6.41. The van der Waals surface area contributed by atoms with Gasteiger partial charge in [0.05, 0.1) is 13.2 Å². The van der Waals surface area contributed by atoms with Crippen molar-refractivity contribution in [3.05, 3.63) is 94.9 Å². The summed E-state index contributed by atoms with van der Waals surface area (Å²) in [5.41, 5.74) is 5.67. The van der Waals surface area contributed by atoms with Crippen molar-refractivity contribution in [2.24, 2.45) is 0 Å². The van der Waals surface area contributed by atoms with Gasteiger partial charge in [0.1, 0.15) is 11.6 Å². The highest BCUT2D eigenvalue weighted by Gasteiger charge is 2.35. The first kappa shape index (κ1) is 21.1. The number of methoxy groups -OCH3 is 1. The topological polar surface area (TPSA) is 48.6 Å². The summed E-state index contributed by atoms with van der Waals surface area (Å²) >= 11 is 0. The van der Waals surface area contributed by atoms with Crippen LogP contribution in [0.25, 0.3) is 10.9 Å². The third kappa shape index (κ3) is 3.71. The highest BCUT2D eigenvalue weighted by Crippen LogP contribution is 2.40. The molecule has 1 aromatic heterocycles. The Hall–Kier alpha value is -3.80. The number of benzene rings is 3. The van der Waals surface area contributed by atoms with Crippen LogP contribution >= 0.6 is 0 Å². The van der Waals surface area contributed by atoms with E-state index in [4.69, 9.17) is 4.74 Å². The van der Waals surface area contributed by atoms with Crippen LogP contribution in [0.3, 0.4) is 0 Å². The molecule has 0 spiro atoms. The smallest absolute Gasteiger partial charge is 0.254 e. The van der Waals surface area contributed by atoms with Crippen LogP contribution in [0.4, 0.5) is 10.1 Å². The fraction of sp³-hybridized carbons (Fsp3) is 0.222. The molecule has 2 heterocycles. The van der Waals surface area contributed by atoms with Gasteiger partial charge in [-0.05, 0) is 72.1 Å². The summed E-state index contributed by atoms with van der Waals surface area (Å²) in [7, 11) is 5.60. The first-order valence-electron chi connectivity index (χ1n) is 11.0. The Morgan fingerprint density at radius 2 is 1.79 bits per heavy atom. The minimum atomic E-state index is -0.339. The van der Waals surface area contributed by atoms with Gasteiger partial charge in [0.25, 0.3) is 5.91 Å². The molecule has 0 fully saturated rings. The van der Waals surface area contributed by atoms with E-state index < -0.39 is 0 Å². The molecule has 5 rings (SSSR count). The highest BCUT2D eigenvalue weighted by atomic mass is 19.1. The van der Waals surface area contributed by atoms with Crippen molar-refractivity contribution in [2.45, 2.75) is 12.5 Å². The first-order valence-corrected chi connectivity index (χ1v) is 11.0. The summed E-state index contributed by atoms with van der Waals surface area (Å²) in [6, 6.07) is 19.7. The van der Waals surface area contributed by atoms with Gasteiger partial charge < -0.3 is 19.5 Å². The molecule has 0 saturated carbocycles. The summed E-state index contributed by atoms with van der Waals surface area (Å²) in [6.07, 6.45) is 0.724. The Bertz CT molecular complexity index is 1310. The van der Waals surface area contributed by atoms with Crippen LogP contribution in [-0.4, -0.2) is 43.5 Å². The van der Waals surface area contributed by atoms with Gasteiger partial charge in [-0.2, -0.15) is 0 Å². The quantitative estimate of drug-likeness (QED) is 0.473. The van der Waals surface area contributed by atoms with E-state index in [2.05, 4.69) is 4.98 Å². The number of fused-ring (bicyclic) bond motifs is 3. The average Bonchev–Trinajstić information content (AvgIpc) is 3.21. The molecule has 1 aliphatic rings. The van der Waals surface area contributed by atoms with Gasteiger partial charge in [-0.3, -0.25) is 4.79 Å². The van der Waals surface area contributed by atoms with E-state index in [1.165, 1.54) is 17.7 Å². The lowest BCUT2D eigenvalue weighted by Crippen LogP contribution is -2.40. The largest absolute Gasteiger partial charge is 0.497 e. The number of hydrogen-bond donors (Lipinski definition) is 1. The van der Waals surface area contributed by atoms with Crippen molar-refractivity contribution in [1.29, 1.82) is 0 Å². The number of nitrogens with one attached hydrogen (secondary N) is 1. The number of aromatic nitrogens is 1. The molecule has 0 aliphatic carbocycles. The van der Waals surface area contributed by atoms with Crippen molar-refractivity contribution in [1.82, 2.24) is 9.88 Å². The molecule has 0 bridgehead atoms. The van der Waals surface area contributed by atoms with E-state index in [1.54, 1.807) is 19.2 Å². The van der Waals surface area contributed by atoms with Crippen LogP contribution in [0.5, 0.6) is 5.75 Å². The minimum Gasteiger partial charge on any atom is -0.497 e. The van der Waals surface area contributed by atoms with Gasteiger partial charge in [0.2, 0.25) is 0 Å². The average molecular weight is 444 g/mol. The van der Waals surface area contributed by atoms with E-state index in [1.807, 2.05) is 66.4 Å². The number of aromatic amines is 1. The second kappa shape index (κ2) is 8.28. The molecular formula is C27H26FN3O2. The third-order valence-electron chi connectivity index (χ3n) is 6.41. The molecule has 0 radical (unpaired) electrons. The number of H-pyrrole nitrogens is 1. The van der Waals surface area contributed by atoms with Crippen LogP contribution < -0.4 is 9.64 Å². The summed E-state index contributed by atoms with van der Waals surface area (Å²) in [6.45, 7) is 0.563. The number of anilines is 1. The second-order valence-corrected chi connectivity index (χ2v) is 8.57. The molecule has 1 N–H and O–H groups in total. The van der Waals surface area contributed by atoms with Crippen molar-refractivity contribution in [3.8, 4) is 5.75 Å². The fourth-order valence-corrected chi connectivity index (χ4v) is 4.67. The van der Waals surface area contributed by atoms with Crippen LogP contribution in [-0.2, 0) is 6.42 Å². The van der Waals surface area contributed by atoms with Crippen molar-refractivity contribution in [2.75, 3.05) is 32.6 Å². The van der Waals surface area contributed by atoms with E-state index >= 15 is 0 Å². The Kier molecular flexibility index (Phi) is 5.29. The standard InChI is InChI=1S/C27H26FN3O2/c1-30(2)20-10-6-18(7-11-20)27(32)31-15-14-22-23-16-21(33-3)12-13-24(23)29-25(22)26(31)17-4-8-19(28)9-5-17/h4-13,16,26,29H,14-15H2,1-3H3/t26-/m0/s1. The minimum absolute atomic E-state index is 0.0449. The first-order chi connectivity index (χ1) is 16.0. The van der Waals surface area contributed by atoms with Gasteiger partial charge in [-0.1, -0.05) is 12.1 Å². The number of halogens is 1. The predicted octanol–water partition coefficient (Wildman–Crippen LogP) is 5.17. The number of amides is 1. The van der Waals surface area contributed by atoms with E-state index in [9.17, 15) is 9.18 Å². The van der Waals surface area contributed by atoms with Crippen LogP contribution in [0, 0.1) is 5.82 Å². The van der Waals surface area contributed by atoms with Crippen molar-refractivity contribution >= 4 is 22.5 Å². The van der Waals surface area contributed by atoms with Gasteiger partial charge in [0, 0.05) is 48.5 Å². The molecule has 1 aliphatic heterocycles. The Labute approximate surface area is 192 Å². The summed E-state index contributed by atoms with van der Waals surface area (Å²) in [5, 5.41) is 1.10. The monoisotopic (exact) mass is 443 g/mol. The normalized spacial score (nSPS) is 15.4. The van der Waals surface area contributed by atoms with Gasteiger partial charge in [0.15, 0.2) is 0 Å². The van der Waals surface area contributed by atoms with Gasteiger partial charge >= 0.3 is 0 Å².